The monoisotopic (exact) mass is 281 g/mol. The molecule has 2 heterocycles. The topological polar surface area (TPSA) is 81.4 Å². The molecule has 0 spiro atoms. The summed E-state index contributed by atoms with van der Waals surface area (Å²) in [4.78, 5) is 16.1. The van der Waals surface area contributed by atoms with Crippen molar-refractivity contribution in [1.29, 1.82) is 0 Å². The average Bonchev–Trinajstić information content (AvgIpc) is 2.92. The third-order valence-electron chi connectivity index (χ3n) is 2.53. The minimum Gasteiger partial charge on any atom is -0.354 e. The predicted octanol–water partition coefficient (Wildman–Crippen LogP) is 2.10. The molecule has 0 bridgehead atoms. The summed E-state index contributed by atoms with van der Waals surface area (Å²) < 4.78 is 1.44. The van der Waals surface area contributed by atoms with Crippen LogP contribution in [0.3, 0.4) is 0 Å². The van der Waals surface area contributed by atoms with Crippen molar-refractivity contribution in [2.45, 2.75) is 32.6 Å². The van der Waals surface area contributed by atoms with Crippen LogP contribution in [0.4, 0.5) is 5.95 Å². The molecule has 2 aromatic heterocycles. The minimum atomic E-state index is 0.136. The van der Waals surface area contributed by atoms with E-state index in [9.17, 15) is 0 Å². The molecule has 0 aliphatic rings. The van der Waals surface area contributed by atoms with Crippen LogP contribution >= 0.6 is 11.6 Å². The van der Waals surface area contributed by atoms with E-state index in [0.717, 1.165) is 13.0 Å². The van der Waals surface area contributed by atoms with Crippen molar-refractivity contribution in [3.05, 3.63) is 17.9 Å². The molecular weight excluding hydrogens is 266 g/mol. The Morgan fingerprint density at radius 2 is 2.11 bits per heavy atom. The second-order valence-corrected chi connectivity index (χ2v) is 4.39. The van der Waals surface area contributed by atoms with Gasteiger partial charge in [0, 0.05) is 6.54 Å². The van der Waals surface area contributed by atoms with E-state index in [1.165, 1.54) is 36.6 Å². The van der Waals surface area contributed by atoms with Crippen LogP contribution in [-0.4, -0.2) is 36.3 Å². The fourth-order valence-corrected chi connectivity index (χ4v) is 1.74. The summed E-state index contributed by atoms with van der Waals surface area (Å²) >= 11 is 5.87. The van der Waals surface area contributed by atoms with Crippen LogP contribution in [0.15, 0.2) is 12.7 Å². The van der Waals surface area contributed by atoms with E-state index in [-0.39, 0.29) is 5.28 Å². The van der Waals surface area contributed by atoms with Crippen LogP contribution in [0.25, 0.3) is 5.95 Å². The molecule has 7 nitrogen and oxygen atoms in total. The molecule has 0 saturated carbocycles. The second-order valence-electron chi connectivity index (χ2n) is 4.06. The first-order valence-corrected chi connectivity index (χ1v) is 6.68. The molecule has 0 radical (unpaired) electrons. The molecule has 0 atom stereocenters. The third-order valence-corrected chi connectivity index (χ3v) is 2.70. The van der Waals surface area contributed by atoms with Gasteiger partial charge in [-0.15, -0.1) is 0 Å². The van der Waals surface area contributed by atoms with Crippen molar-refractivity contribution in [3.8, 4) is 5.95 Å². The van der Waals surface area contributed by atoms with Crippen LogP contribution in [0.2, 0.25) is 5.28 Å². The molecule has 0 amide bonds. The summed E-state index contributed by atoms with van der Waals surface area (Å²) in [5.41, 5.74) is 0. The van der Waals surface area contributed by atoms with Crippen LogP contribution in [0, 0.1) is 0 Å². The molecule has 0 aliphatic heterocycles. The van der Waals surface area contributed by atoms with Gasteiger partial charge in [0.2, 0.25) is 11.2 Å². The van der Waals surface area contributed by atoms with E-state index < -0.39 is 0 Å². The highest BCUT2D eigenvalue weighted by atomic mass is 35.5. The second kappa shape index (κ2) is 6.98. The van der Waals surface area contributed by atoms with E-state index in [1.807, 2.05) is 0 Å². The molecule has 102 valence electrons. The zero-order valence-electron chi connectivity index (χ0n) is 10.8. The molecule has 19 heavy (non-hydrogen) atoms. The van der Waals surface area contributed by atoms with E-state index in [1.54, 1.807) is 0 Å². The van der Waals surface area contributed by atoms with Gasteiger partial charge in [-0.3, -0.25) is 0 Å². The van der Waals surface area contributed by atoms with Gasteiger partial charge >= 0.3 is 0 Å². The van der Waals surface area contributed by atoms with Crippen LogP contribution in [-0.2, 0) is 0 Å². The number of hydrogen-bond donors (Lipinski definition) is 1. The van der Waals surface area contributed by atoms with Crippen molar-refractivity contribution in [2.24, 2.45) is 0 Å². The predicted molar refractivity (Wildman–Crippen MR) is 72.4 cm³/mol. The van der Waals surface area contributed by atoms with Crippen LogP contribution in [0.5, 0.6) is 0 Å². The highest BCUT2D eigenvalue weighted by Crippen LogP contribution is 2.09. The van der Waals surface area contributed by atoms with E-state index in [0.29, 0.717) is 11.9 Å². The minimum absolute atomic E-state index is 0.136. The first kappa shape index (κ1) is 13.7. The van der Waals surface area contributed by atoms with Crippen molar-refractivity contribution in [1.82, 2.24) is 29.7 Å². The molecule has 0 aromatic carbocycles. The lowest BCUT2D eigenvalue weighted by atomic mass is 10.2. The number of aromatic nitrogens is 6. The summed E-state index contributed by atoms with van der Waals surface area (Å²) in [5, 5.41) is 7.23. The van der Waals surface area contributed by atoms with Crippen molar-refractivity contribution < 1.29 is 0 Å². The van der Waals surface area contributed by atoms with E-state index in [4.69, 9.17) is 11.6 Å². The van der Waals surface area contributed by atoms with Crippen molar-refractivity contribution in [2.75, 3.05) is 11.9 Å². The van der Waals surface area contributed by atoms with Crippen molar-refractivity contribution >= 4 is 17.5 Å². The molecule has 8 heteroatoms. The van der Waals surface area contributed by atoms with Gasteiger partial charge in [0.1, 0.15) is 12.7 Å². The number of rotatable bonds is 7. The maximum atomic E-state index is 5.87. The standard InChI is InChI=1S/C11H16ClN7/c1-2-3-4-5-6-14-10-16-9(12)17-11(18-10)19-8-13-7-15-19/h7-8H,2-6H2,1H3,(H,14,16,17,18). The van der Waals surface area contributed by atoms with E-state index in [2.05, 4.69) is 37.3 Å². The van der Waals surface area contributed by atoms with Crippen LogP contribution < -0.4 is 5.32 Å². The maximum absolute atomic E-state index is 5.87. The Kier molecular flexibility index (Phi) is 5.02. The summed E-state index contributed by atoms with van der Waals surface area (Å²) in [6.45, 7) is 3.00. The van der Waals surface area contributed by atoms with Gasteiger partial charge in [0.25, 0.3) is 5.95 Å². The molecule has 2 rings (SSSR count). The molecule has 0 aliphatic carbocycles. The molecule has 0 fully saturated rings. The Balaban J connectivity index is 1.97. The lowest BCUT2D eigenvalue weighted by molar-refractivity contribution is 0.682. The van der Waals surface area contributed by atoms with Gasteiger partial charge in [-0.2, -0.15) is 24.7 Å². The average molecular weight is 282 g/mol. The van der Waals surface area contributed by atoms with Gasteiger partial charge in [-0.05, 0) is 18.0 Å². The van der Waals surface area contributed by atoms with Gasteiger partial charge in [0.15, 0.2) is 0 Å². The number of halogens is 1. The zero-order valence-corrected chi connectivity index (χ0v) is 11.5. The van der Waals surface area contributed by atoms with Gasteiger partial charge in [-0.1, -0.05) is 26.2 Å². The highest BCUT2D eigenvalue weighted by Gasteiger charge is 2.06. The summed E-state index contributed by atoms with van der Waals surface area (Å²) in [6, 6.07) is 0. The number of anilines is 1. The first-order chi connectivity index (χ1) is 9.29. The summed E-state index contributed by atoms with van der Waals surface area (Å²) in [5.74, 6) is 0.815. The van der Waals surface area contributed by atoms with E-state index >= 15 is 0 Å². The summed E-state index contributed by atoms with van der Waals surface area (Å²) in [7, 11) is 0. The molecule has 1 N–H and O–H groups in total. The fraction of sp³-hybridized carbons (Fsp3) is 0.545. The van der Waals surface area contributed by atoms with Gasteiger partial charge in [0.05, 0.1) is 0 Å². The number of nitrogens with one attached hydrogen (secondary N) is 1. The number of nitrogens with zero attached hydrogens (tertiary/aromatic N) is 6. The molecule has 0 saturated heterocycles. The van der Waals surface area contributed by atoms with Gasteiger partial charge < -0.3 is 5.32 Å². The Labute approximate surface area is 116 Å². The Morgan fingerprint density at radius 3 is 2.84 bits per heavy atom. The first-order valence-electron chi connectivity index (χ1n) is 6.30. The Hall–Kier alpha value is -1.76. The fourth-order valence-electron chi connectivity index (χ4n) is 1.58. The van der Waals surface area contributed by atoms with Crippen molar-refractivity contribution in [3.63, 3.8) is 0 Å². The number of hydrogen-bond acceptors (Lipinski definition) is 6. The summed E-state index contributed by atoms with van der Waals surface area (Å²) in [6.07, 6.45) is 7.65. The highest BCUT2D eigenvalue weighted by molar-refractivity contribution is 6.28. The largest absolute Gasteiger partial charge is 0.354 e. The lowest BCUT2D eigenvalue weighted by Gasteiger charge is -2.06. The number of unbranched alkanes of at least 4 members (excludes halogenated alkanes) is 3. The smallest absolute Gasteiger partial charge is 0.258 e. The molecular formula is C11H16ClN7. The van der Waals surface area contributed by atoms with Gasteiger partial charge in [-0.25, -0.2) is 4.98 Å². The molecule has 2 aromatic rings. The quantitative estimate of drug-likeness (QED) is 0.783. The SMILES string of the molecule is CCCCCCNc1nc(Cl)nc(-n2cncn2)n1. The maximum Gasteiger partial charge on any atom is 0.258 e. The Bertz CT molecular complexity index is 500. The lowest BCUT2D eigenvalue weighted by Crippen LogP contribution is -2.10. The molecule has 0 unspecified atom stereocenters. The third kappa shape index (κ3) is 4.13. The Morgan fingerprint density at radius 1 is 1.21 bits per heavy atom. The van der Waals surface area contributed by atoms with Crippen LogP contribution in [0.1, 0.15) is 32.6 Å². The normalized spacial score (nSPS) is 10.6. The zero-order chi connectivity index (χ0) is 13.5.